The molecule has 1 saturated heterocycles. The Balaban J connectivity index is 1.74. The van der Waals surface area contributed by atoms with E-state index in [2.05, 4.69) is 38.1 Å². The molecule has 2 rings (SSSR count). The Bertz CT molecular complexity index is 428. The van der Waals surface area contributed by atoms with Crippen molar-refractivity contribution in [2.24, 2.45) is 5.73 Å². The molecule has 0 spiro atoms. The number of unbranched alkanes of at least 4 members (excludes halogenated alkanes) is 5. The summed E-state index contributed by atoms with van der Waals surface area (Å²) in [6.45, 7) is 5.11. The normalized spacial score (nSPS) is 24.8. The molecular formula is C20H33NO. The molecule has 1 heterocycles. The second-order valence-electron chi connectivity index (χ2n) is 6.98. The van der Waals surface area contributed by atoms with E-state index in [0.29, 0.717) is 6.61 Å². The quantitative estimate of drug-likeness (QED) is 0.640. The first-order chi connectivity index (χ1) is 10.7. The summed E-state index contributed by atoms with van der Waals surface area (Å²) in [6.07, 6.45) is 11.5. The molecule has 0 bridgehead atoms. The Labute approximate surface area is 136 Å². The number of hydrogen-bond acceptors (Lipinski definition) is 2. The molecule has 124 valence electrons. The zero-order valence-corrected chi connectivity index (χ0v) is 14.4. The van der Waals surface area contributed by atoms with Gasteiger partial charge in [0.25, 0.3) is 0 Å². The van der Waals surface area contributed by atoms with Crippen LogP contribution >= 0.6 is 0 Å². The standard InChI is InChI=1S/C20H33NO/c1-3-5-6-7-8-9-10-17-11-13-18(14-12-17)19-15-20(21,4-2)16-22-19/h11-14,19H,3-10,15-16,21H2,1-2H3. The lowest BCUT2D eigenvalue weighted by Crippen LogP contribution is -2.39. The van der Waals surface area contributed by atoms with Crippen LogP contribution in [0, 0.1) is 0 Å². The summed E-state index contributed by atoms with van der Waals surface area (Å²) in [7, 11) is 0. The predicted octanol–water partition coefficient (Wildman–Crippen LogP) is 5.16. The van der Waals surface area contributed by atoms with Crippen molar-refractivity contribution >= 4 is 0 Å². The molecule has 2 nitrogen and oxygen atoms in total. The molecule has 1 aromatic carbocycles. The molecule has 0 aliphatic carbocycles. The second kappa shape index (κ2) is 8.69. The monoisotopic (exact) mass is 303 g/mol. The summed E-state index contributed by atoms with van der Waals surface area (Å²) < 4.78 is 5.90. The van der Waals surface area contributed by atoms with Crippen LogP contribution in [0.3, 0.4) is 0 Å². The van der Waals surface area contributed by atoms with Crippen LogP contribution in [0.1, 0.15) is 82.4 Å². The summed E-state index contributed by atoms with van der Waals surface area (Å²) in [5.41, 5.74) is 8.92. The van der Waals surface area contributed by atoms with Gasteiger partial charge in [-0.1, -0.05) is 70.2 Å². The predicted molar refractivity (Wildman–Crippen MR) is 94.0 cm³/mol. The van der Waals surface area contributed by atoms with Gasteiger partial charge in [-0.25, -0.2) is 0 Å². The van der Waals surface area contributed by atoms with E-state index in [9.17, 15) is 0 Å². The van der Waals surface area contributed by atoms with E-state index in [1.165, 1.54) is 56.1 Å². The van der Waals surface area contributed by atoms with Gasteiger partial charge in [-0.15, -0.1) is 0 Å². The molecular weight excluding hydrogens is 270 g/mol. The van der Waals surface area contributed by atoms with E-state index in [4.69, 9.17) is 10.5 Å². The highest BCUT2D eigenvalue weighted by molar-refractivity contribution is 5.25. The van der Waals surface area contributed by atoms with Gasteiger partial charge < -0.3 is 10.5 Å². The van der Waals surface area contributed by atoms with Crippen molar-refractivity contribution in [3.63, 3.8) is 0 Å². The highest BCUT2D eigenvalue weighted by Crippen LogP contribution is 2.35. The zero-order chi connectivity index (χ0) is 15.8. The lowest BCUT2D eigenvalue weighted by Gasteiger charge is -2.19. The SMILES string of the molecule is CCCCCCCCc1ccc(C2CC(N)(CC)CO2)cc1. The third-order valence-electron chi connectivity index (χ3n) is 5.04. The van der Waals surface area contributed by atoms with Gasteiger partial charge in [0.15, 0.2) is 0 Å². The molecule has 2 atom stereocenters. The van der Waals surface area contributed by atoms with Gasteiger partial charge in [0.1, 0.15) is 0 Å². The third kappa shape index (κ3) is 5.10. The third-order valence-corrected chi connectivity index (χ3v) is 5.04. The Morgan fingerprint density at radius 2 is 1.73 bits per heavy atom. The Morgan fingerprint density at radius 3 is 2.36 bits per heavy atom. The van der Waals surface area contributed by atoms with Gasteiger partial charge in [0.05, 0.1) is 12.7 Å². The van der Waals surface area contributed by atoms with Gasteiger partial charge in [0, 0.05) is 5.54 Å². The molecule has 0 radical (unpaired) electrons. The summed E-state index contributed by atoms with van der Waals surface area (Å²) in [4.78, 5) is 0. The van der Waals surface area contributed by atoms with Crippen LogP contribution in [0.4, 0.5) is 0 Å². The van der Waals surface area contributed by atoms with Crippen LogP contribution in [0.25, 0.3) is 0 Å². The number of ether oxygens (including phenoxy) is 1. The van der Waals surface area contributed by atoms with E-state index >= 15 is 0 Å². The maximum absolute atomic E-state index is 6.31. The summed E-state index contributed by atoms with van der Waals surface area (Å²) in [6, 6.07) is 9.01. The first-order valence-corrected chi connectivity index (χ1v) is 9.16. The van der Waals surface area contributed by atoms with Crippen molar-refractivity contribution in [1.29, 1.82) is 0 Å². The average molecular weight is 303 g/mol. The fourth-order valence-electron chi connectivity index (χ4n) is 3.22. The lowest BCUT2D eigenvalue weighted by atomic mass is 9.91. The van der Waals surface area contributed by atoms with Crippen LogP contribution in [0.2, 0.25) is 0 Å². The molecule has 2 heteroatoms. The molecule has 2 N–H and O–H groups in total. The number of rotatable bonds is 9. The molecule has 1 aliphatic heterocycles. The minimum atomic E-state index is -0.123. The zero-order valence-electron chi connectivity index (χ0n) is 14.4. The fourth-order valence-corrected chi connectivity index (χ4v) is 3.22. The first-order valence-electron chi connectivity index (χ1n) is 9.16. The van der Waals surface area contributed by atoms with Crippen molar-refractivity contribution in [1.82, 2.24) is 0 Å². The number of nitrogens with two attached hydrogens (primary N) is 1. The minimum absolute atomic E-state index is 0.123. The number of benzene rings is 1. The summed E-state index contributed by atoms with van der Waals surface area (Å²) in [5.74, 6) is 0. The van der Waals surface area contributed by atoms with Gasteiger partial charge in [-0.2, -0.15) is 0 Å². The van der Waals surface area contributed by atoms with Crippen LogP contribution < -0.4 is 5.73 Å². The van der Waals surface area contributed by atoms with E-state index in [1.54, 1.807) is 0 Å². The van der Waals surface area contributed by atoms with Crippen molar-refractivity contribution < 1.29 is 4.74 Å². The Hall–Kier alpha value is -0.860. The smallest absolute Gasteiger partial charge is 0.0844 e. The average Bonchev–Trinajstić information content (AvgIpc) is 2.94. The topological polar surface area (TPSA) is 35.2 Å². The van der Waals surface area contributed by atoms with E-state index in [1.807, 2.05) is 0 Å². The maximum Gasteiger partial charge on any atom is 0.0844 e. The molecule has 0 saturated carbocycles. The van der Waals surface area contributed by atoms with Crippen molar-refractivity contribution in [3.8, 4) is 0 Å². The highest BCUT2D eigenvalue weighted by atomic mass is 16.5. The van der Waals surface area contributed by atoms with Crippen molar-refractivity contribution in [2.75, 3.05) is 6.61 Å². The van der Waals surface area contributed by atoms with Gasteiger partial charge in [0.2, 0.25) is 0 Å². The van der Waals surface area contributed by atoms with Gasteiger partial charge >= 0.3 is 0 Å². The van der Waals surface area contributed by atoms with E-state index in [0.717, 1.165) is 12.8 Å². The van der Waals surface area contributed by atoms with Crippen molar-refractivity contribution in [2.45, 2.75) is 83.3 Å². The second-order valence-corrected chi connectivity index (χ2v) is 6.98. The lowest BCUT2D eigenvalue weighted by molar-refractivity contribution is 0.104. The highest BCUT2D eigenvalue weighted by Gasteiger charge is 2.35. The minimum Gasteiger partial charge on any atom is -0.372 e. The van der Waals surface area contributed by atoms with Gasteiger partial charge in [-0.3, -0.25) is 0 Å². The van der Waals surface area contributed by atoms with Crippen LogP contribution in [0.5, 0.6) is 0 Å². The maximum atomic E-state index is 6.31. The van der Waals surface area contributed by atoms with Crippen LogP contribution in [-0.2, 0) is 11.2 Å². The Morgan fingerprint density at radius 1 is 1.05 bits per heavy atom. The van der Waals surface area contributed by atoms with E-state index < -0.39 is 0 Å². The molecule has 1 fully saturated rings. The Kier molecular flexibility index (Phi) is 6.91. The molecule has 1 aromatic rings. The van der Waals surface area contributed by atoms with Crippen LogP contribution in [0.15, 0.2) is 24.3 Å². The summed E-state index contributed by atoms with van der Waals surface area (Å²) in [5, 5.41) is 0. The van der Waals surface area contributed by atoms with Gasteiger partial charge in [-0.05, 0) is 36.8 Å². The number of hydrogen-bond donors (Lipinski definition) is 1. The van der Waals surface area contributed by atoms with E-state index in [-0.39, 0.29) is 11.6 Å². The number of aryl methyl sites for hydroxylation is 1. The fraction of sp³-hybridized carbons (Fsp3) is 0.700. The molecule has 1 aliphatic rings. The largest absolute Gasteiger partial charge is 0.372 e. The van der Waals surface area contributed by atoms with Crippen molar-refractivity contribution in [3.05, 3.63) is 35.4 Å². The molecule has 0 amide bonds. The molecule has 22 heavy (non-hydrogen) atoms. The first kappa shape index (κ1) is 17.5. The summed E-state index contributed by atoms with van der Waals surface area (Å²) >= 11 is 0. The molecule has 0 aromatic heterocycles. The van der Waals surface area contributed by atoms with Crippen LogP contribution in [-0.4, -0.2) is 12.1 Å². The molecule has 2 unspecified atom stereocenters.